The molecule has 178 valence electrons. The van der Waals surface area contributed by atoms with E-state index in [1.54, 1.807) is 0 Å². The van der Waals surface area contributed by atoms with Crippen LogP contribution in [0.4, 0.5) is 5.69 Å². The van der Waals surface area contributed by atoms with Gasteiger partial charge in [-0.05, 0) is 69.0 Å². The molecule has 0 unspecified atom stereocenters. The molecule has 1 aromatic heterocycles. The van der Waals surface area contributed by atoms with Gasteiger partial charge in [0.05, 0.1) is 0 Å². The third-order valence-corrected chi connectivity index (χ3v) is 7.47. The highest BCUT2D eigenvalue weighted by atomic mass is 16.2. The second kappa shape index (κ2) is 9.26. The number of carbonyl (C=O) groups is 2. The van der Waals surface area contributed by atoms with Gasteiger partial charge in [0, 0.05) is 54.4 Å². The van der Waals surface area contributed by atoms with Crippen molar-refractivity contribution in [1.29, 1.82) is 0 Å². The van der Waals surface area contributed by atoms with Crippen LogP contribution in [0.1, 0.15) is 63.2 Å². The quantitative estimate of drug-likeness (QED) is 0.575. The van der Waals surface area contributed by atoms with E-state index in [9.17, 15) is 9.59 Å². The molecule has 2 N–H and O–H groups in total. The molecule has 1 saturated carbocycles. The van der Waals surface area contributed by atoms with Crippen molar-refractivity contribution in [3.63, 3.8) is 0 Å². The Kier molecular flexibility index (Phi) is 6.17. The van der Waals surface area contributed by atoms with E-state index in [0.29, 0.717) is 17.3 Å². The lowest BCUT2D eigenvalue weighted by Crippen LogP contribution is -2.51. The number of hydrogen-bond donors (Lipinski definition) is 2. The Hall–Kier alpha value is -3.12. The molecule has 1 saturated heterocycles. The van der Waals surface area contributed by atoms with Crippen molar-refractivity contribution >= 4 is 28.4 Å². The van der Waals surface area contributed by atoms with Crippen LogP contribution in [-0.4, -0.2) is 58.8 Å². The lowest BCUT2D eigenvalue weighted by Gasteiger charge is -2.38. The molecule has 2 fully saturated rings. The van der Waals surface area contributed by atoms with E-state index in [0.717, 1.165) is 53.9 Å². The SMILES string of the molecule is Cc1cc(C)c(NC(=O)c2cc3cc(C(=O)N4CCN(C5CCCC5)CC4)ccc3[nH]2)c(C)c1. The topological polar surface area (TPSA) is 68.4 Å². The van der Waals surface area contributed by atoms with Crippen LogP contribution in [-0.2, 0) is 0 Å². The van der Waals surface area contributed by atoms with Crippen molar-refractivity contribution < 1.29 is 9.59 Å². The molecule has 2 aromatic carbocycles. The molecule has 0 radical (unpaired) electrons. The smallest absolute Gasteiger partial charge is 0.272 e. The molecule has 3 aromatic rings. The molecular weight excluding hydrogens is 424 g/mol. The van der Waals surface area contributed by atoms with Crippen LogP contribution in [0.3, 0.4) is 0 Å². The number of carbonyl (C=O) groups excluding carboxylic acids is 2. The van der Waals surface area contributed by atoms with Crippen LogP contribution in [0.15, 0.2) is 36.4 Å². The fourth-order valence-electron chi connectivity index (χ4n) is 5.69. The maximum absolute atomic E-state index is 13.2. The number of aromatic nitrogens is 1. The summed E-state index contributed by atoms with van der Waals surface area (Å²) in [5.74, 6) is -0.103. The molecule has 6 heteroatoms. The Bertz CT molecular complexity index is 1210. The fraction of sp³-hybridized carbons (Fsp3) is 0.429. The van der Waals surface area contributed by atoms with Gasteiger partial charge in [-0.2, -0.15) is 0 Å². The Morgan fingerprint density at radius 1 is 0.912 bits per heavy atom. The van der Waals surface area contributed by atoms with Gasteiger partial charge in [0.1, 0.15) is 5.69 Å². The summed E-state index contributed by atoms with van der Waals surface area (Å²) < 4.78 is 0. The first-order chi connectivity index (χ1) is 16.4. The van der Waals surface area contributed by atoms with Crippen molar-refractivity contribution in [3.8, 4) is 0 Å². The summed E-state index contributed by atoms with van der Waals surface area (Å²) in [6.45, 7) is 9.55. The summed E-state index contributed by atoms with van der Waals surface area (Å²) in [5.41, 5.74) is 6.13. The van der Waals surface area contributed by atoms with Gasteiger partial charge >= 0.3 is 0 Å². The predicted molar refractivity (Wildman–Crippen MR) is 137 cm³/mol. The third kappa shape index (κ3) is 4.47. The number of amides is 2. The highest BCUT2D eigenvalue weighted by Gasteiger charge is 2.28. The zero-order valence-corrected chi connectivity index (χ0v) is 20.4. The van der Waals surface area contributed by atoms with Gasteiger partial charge in [0.15, 0.2) is 0 Å². The number of anilines is 1. The lowest BCUT2D eigenvalue weighted by atomic mass is 10.0. The van der Waals surface area contributed by atoms with E-state index < -0.39 is 0 Å². The van der Waals surface area contributed by atoms with Crippen molar-refractivity contribution in [3.05, 3.63) is 64.3 Å². The number of fused-ring (bicyclic) bond motifs is 1. The molecule has 5 rings (SSSR count). The lowest BCUT2D eigenvalue weighted by molar-refractivity contribution is 0.0573. The van der Waals surface area contributed by atoms with Crippen LogP contribution < -0.4 is 5.32 Å². The molecule has 34 heavy (non-hydrogen) atoms. The summed E-state index contributed by atoms with van der Waals surface area (Å²) in [5, 5.41) is 3.92. The normalized spacial score (nSPS) is 17.4. The number of aromatic amines is 1. The van der Waals surface area contributed by atoms with E-state index in [4.69, 9.17) is 0 Å². The number of hydrogen-bond acceptors (Lipinski definition) is 3. The van der Waals surface area contributed by atoms with Crippen molar-refractivity contribution in [2.45, 2.75) is 52.5 Å². The van der Waals surface area contributed by atoms with Crippen LogP contribution in [0, 0.1) is 20.8 Å². The maximum atomic E-state index is 13.2. The Morgan fingerprint density at radius 2 is 1.59 bits per heavy atom. The minimum atomic E-state index is -0.179. The molecule has 0 spiro atoms. The average molecular weight is 459 g/mol. The molecule has 2 aliphatic rings. The zero-order valence-electron chi connectivity index (χ0n) is 20.4. The summed E-state index contributed by atoms with van der Waals surface area (Å²) in [7, 11) is 0. The summed E-state index contributed by atoms with van der Waals surface area (Å²) >= 11 is 0. The van der Waals surface area contributed by atoms with Gasteiger partial charge in [-0.3, -0.25) is 14.5 Å². The zero-order chi connectivity index (χ0) is 23.8. The average Bonchev–Trinajstić information content (AvgIpc) is 3.50. The molecule has 1 aliphatic carbocycles. The third-order valence-electron chi connectivity index (χ3n) is 7.47. The number of H-pyrrole nitrogens is 1. The van der Waals surface area contributed by atoms with Crippen LogP contribution in [0.5, 0.6) is 0 Å². The summed E-state index contributed by atoms with van der Waals surface area (Å²) in [4.78, 5) is 33.9. The second-order valence-electron chi connectivity index (χ2n) is 9.98. The molecule has 0 atom stereocenters. The van der Waals surface area contributed by atoms with Gasteiger partial charge in [-0.25, -0.2) is 0 Å². The van der Waals surface area contributed by atoms with Gasteiger partial charge < -0.3 is 15.2 Å². The Labute approximate surface area is 201 Å². The summed E-state index contributed by atoms with van der Waals surface area (Å²) in [6.07, 6.45) is 5.28. The van der Waals surface area contributed by atoms with Gasteiger partial charge in [0.2, 0.25) is 0 Å². The van der Waals surface area contributed by atoms with Crippen molar-refractivity contribution in [1.82, 2.24) is 14.8 Å². The molecule has 1 aliphatic heterocycles. The first-order valence-electron chi connectivity index (χ1n) is 12.4. The number of rotatable bonds is 4. The van der Waals surface area contributed by atoms with Crippen molar-refractivity contribution in [2.75, 3.05) is 31.5 Å². The fourth-order valence-corrected chi connectivity index (χ4v) is 5.69. The van der Waals surface area contributed by atoms with Gasteiger partial charge in [-0.1, -0.05) is 30.5 Å². The predicted octanol–water partition coefficient (Wildman–Crippen LogP) is 5.05. The number of nitrogens with one attached hydrogen (secondary N) is 2. The first-order valence-corrected chi connectivity index (χ1v) is 12.4. The van der Waals surface area contributed by atoms with Crippen molar-refractivity contribution in [2.24, 2.45) is 0 Å². The van der Waals surface area contributed by atoms with E-state index in [-0.39, 0.29) is 11.8 Å². The van der Waals surface area contributed by atoms with Crippen LogP contribution in [0.2, 0.25) is 0 Å². The largest absolute Gasteiger partial charge is 0.351 e. The minimum Gasteiger partial charge on any atom is -0.351 e. The number of piperazine rings is 1. The van der Waals surface area contributed by atoms with E-state index >= 15 is 0 Å². The van der Waals surface area contributed by atoms with Crippen LogP contribution in [0.25, 0.3) is 10.9 Å². The second-order valence-corrected chi connectivity index (χ2v) is 9.98. The molecule has 2 heterocycles. The number of aryl methyl sites for hydroxylation is 3. The van der Waals surface area contributed by atoms with Gasteiger partial charge in [-0.15, -0.1) is 0 Å². The van der Waals surface area contributed by atoms with E-state index in [1.807, 2.05) is 43.0 Å². The number of benzene rings is 2. The van der Waals surface area contributed by atoms with E-state index in [1.165, 1.54) is 31.2 Å². The van der Waals surface area contributed by atoms with E-state index in [2.05, 4.69) is 34.3 Å². The number of nitrogens with zero attached hydrogens (tertiary/aromatic N) is 2. The summed E-state index contributed by atoms with van der Waals surface area (Å²) in [6, 6.07) is 12.3. The first kappa shape index (κ1) is 22.7. The molecule has 0 bridgehead atoms. The van der Waals surface area contributed by atoms with Gasteiger partial charge in [0.25, 0.3) is 11.8 Å². The Morgan fingerprint density at radius 3 is 2.26 bits per heavy atom. The molecule has 2 amide bonds. The molecular formula is C28H34N4O2. The highest BCUT2D eigenvalue weighted by Crippen LogP contribution is 2.26. The monoisotopic (exact) mass is 458 g/mol. The Balaban J connectivity index is 1.28. The molecule has 6 nitrogen and oxygen atoms in total. The van der Waals surface area contributed by atoms with Crippen LogP contribution >= 0.6 is 0 Å². The highest BCUT2D eigenvalue weighted by molar-refractivity contribution is 6.07. The maximum Gasteiger partial charge on any atom is 0.272 e. The minimum absolute atomic E-state index is 0.0751. The standard InChI is InChI=1S/C28H34N4O2/c1-18-14-19(2)26(20(3)15-18)30-27(33)25-17-22-16-21(8-9-24(22)29-25)28(34)32-12-10-31(11-13-32)23-6-4-5-7-23/h8-9,14-17,23,29H,4-7,10-13H2,1-3H3,(H,30,33).